The van der Waals surface area contributed by atoms with Crippen LogP contribution in [-0.2, 0) is 29.0 Å². The number of aliphatic carboxylic acids is 1. The van der Waals surface area contributed by atoms with Crippen molar-refractivity contribution in [1.82, 2.24) is 10.3 Å². The van der Waals surface area contributed by atoms with E-state index in [-0.39, 0.29) is 17.9 Å². The first-order valence-electron chi connectivity index (χ1n) is 12.2. The molecule has 0 bridgehead atoms. The van der Waals surface area contributed by atoms with Gasteiger partial charge in [-0.05, 0) is 52.6 Å². The molecular weight excluding hydrogens is 532 g/mol. The first-order chi connectivity index (χ1) is 19.4. The van der Waals surface area contributed by atoms with Crippen molar-refractivity contribution in [3.05, 3.63) is 108 Å². The summed E-state index contributed by atoms with van der Waals surface area (Å²) < 4.78 is 31.1. The second-order valence-electron chi connectivity index (χ2n) is 8.72. The number of aromatic nitrogens is 1. The van der Waals surface area contributed by atoms with E-state index in [2.05, 4.69) is 15.6 Å². The number of amides is 2. The number of urea groups is 1. The molecule has 11 heteroatoms. The Morgan fingerprint density at radius 1 is 1.00 bits per heavy atom. The average molecular weight is 560 g/mol. The number of carboxylic acids is 1. The van der Waals surface area contributed by atoms with E-state index in [1.807, 2.05) is 6.07 Å². The number of benzene rings is 3. The van der Waals surface area contributed by atoms with Crippen LogP contribution < -0.4 is 19.7 Å². The van der Waals surface area contributed by atoms with Crippen LogP contribution in [0.4, 0.5) is 16.2 Å². The maximum atomic E-state index is 12.4. The molecule has 4 rings (SSSR count). The lowest BCUT2D eigenvalue weighted by molar-refractivity contribution is -0.138. The number of hydrogen-bond donors (Lipinski definition) is 3. The van der Waals surface area contributed by atoms with Gasteiger partial charge in [0, 0.05) is 42.3 Å². The van der Waals surface area contributed by atoms with E-state index in [0.717, 1.165) is 9.87 Å². The number of carbonyl (C=O) groups is 2. The van der Waals surface area contributed by atoms with Crippen molar-refractivity contribution in [1.29, 1.82) is 0 Å². The fourth-order valence-corrected chi connectivity index (χ4v) is 4.81. The van der Waals surface area contributed by atoms with Gasteiger partial charge in [-0.2, -0.15) is 0 Å². The van der Waals surface area contributed by atoms with Gasteiger partial charge in [-0.3, -0.25) is 13.5 Å². The summed E-state index contributed by atoms with van der Waals surface area (Å²) in [6, 6.07) is 22.4. The molecule has 0 radical (unpaired) electrons. The van der Waals surface area contributed by atoms with Crippen molar-refractivity contribution in [3.63, 3.8) is 0 Å². The third-order valence-corrected chi connectivity index (χ3v) is 6.82. The summed E-state index contributed by atoms with van der Waals surface area (Å²) >= 11 is -2.93. The van der Waals surface area contributed by atoms with Crippen LogP contribution in [0, 0.1) is 0 Å². The molecule has 0 aliphatic rings. The van der Waals surface area contributed by atoms with Crippen LogP contribution >= 0.6 is 0 Å². The number of carbonyl (C=O) groups excluding carboxylic acids is 1. The highest BCUT2D eigenvalue weighted by atomic mass is 32.2. The molecule has 3 N–H and O–H groups in total. The molecule has 1 heterocycles. The van der Waals surface area contributed by atoms with Crippen molar-refractivity contribution < 1.29 is 28.2 Å². The quantitative estimate of drug-likeness (QED) is 0.231. The van der Waals surface area contributed by atoms with Crippen molar-refractivity contribution in [3.8, 4) is 16.9 Å². The van der Waals surface area contributed by atoms with Crippen LogP contribution in [0.3, 0.4) is 0 Å². The van der Waals surface area contributed by atoms with Crippen molar-refractivity contribution in [2.75, 3.05) is 16.7 Å². The van der Waals surface area contributed by atoms with Crippen molar-refractivity contribution in [2.24, 2.45) is 0 Å². The van der Waals surface area contributed by atoms with Crippen LogP contribution in [0.2, 0.25) is 0 Å². The number of carboxylic acid groups (broad SMARTS) is 1. The van der Waals surface area contributed by atoms with Crippen LogP contribution in [0.25, 0.3) is 11.1 Å². The summed E-state index contributed by atoms with van der Waals surface area (Å²) in [5.74, 6) is -1.11. The Morgan fingerprint density at radius 3 is 2.42 bits per heavy atom. The van der Waals surface area contributed by atoms with E-state index >= 15 is 0 Å². The molecule has 2 unspecified atom stereocenters. The Kier molecular flexibility index (Phi) is 9.44. The van der Waals surface area contributed by atoms with Crippen LogP contribution in [0.15, 0.2) is 97.3 Å². The van der Waals surface area contributed by atoms with Crippen molar-refractivity contribution >= 4 is 34.6 Å². The summed E-state index contributed by atoms with van der Waals surface area (Å²) in [6.45, 7) is 0.303. The number of methoxy groups -OCH3 is 1. The number of ether oxygens (including phenoxy) is 1. The number of pyridine rings is 1. The zero-order valence-corrected chi connectivity index (χ0v) is 22.3. The zero-order chi connectivity index (χ0) is 28.5. The van der Waals surface area contributed by atoms with Gasteiger partial charge in [-0.25, -0.2) is 9.59 Å². The fourth-order valence-electron chi connectivity index (χ4n) is 4.14. The lowest BCUT2D eigenvalue weighted by atomic mass is 10.0. The van der Waals surface area contributed by atoms with Gasteiger partial charge in [0.2, 0.25) is 0 Å². The second-order valence-corrected chi connectivity index (χ2v) is 9.55. The lowest BCUT2D eigenvalue weighted by Crippen LogP contribution is -2.44. The Hall–Kier alpha value is -4.74. The number of hydrogen-bond acceptors (Lipinski definition) is 6. The second kappa shape index (κ2) is 13.4. The van der Waals surface area contributed by atoms with E-state index in [1.54, 1.807) is 91.3 Å². The minimum absolute atomic E-state index is 0.0505. The first kappa shape index (κ1) is 28.3. The minimum atomic E-state index is -2.93. The molecule has 4 aromatic rings. The Labute approximate surface area is 234 Å². The number of nitrogens with zero attached hydrogens (tertiary/aromatic N) is 2. The molecule has 10 nitrogen and oxygen atoms in total. The highest BCUT2D eigenvalue weighted by Crippen LogP contribution is 2.36. The smallest absolute Gasteiger partial charge is 0.327 e. The normalized spacial score (nSPS) is 12.2. The summed E-state index contributed by atoms with van der Waals surface area (Å²) in [6.07, 6.45) is 3.26. The molecule has 0 spiro atoms. The number of nitrogens with one attached hydrogen (secondary N) is 2. The van der Waals surface area contributed by atoms with E-state index in [4.69, 9.17) is 4.74 Å². The van der Waals surface area contributed by atoms with E-state index in [1.165, 1.54) is 7.11 Å². The average Bonchev–Trinajstić information content (AvgIpc) is 2.96. The fraction of sp³-hybridized carbons (Fsp3) is 0.138. The monoisotopic (exact) mass is 559 g/mol. The first-order valence-corrected chi connectivity index (χ1v) is 13.3. The van der Waals surface area contributed by atoms with Gasteiger partial charge in [-0.15, -0.1) is 0 Å². The topological polar surface area (TPSA) is 144 Å². The van der Waals surface area contributed by atoms with Gasteiger partial charge in [-0.1, -0.05) is 54.6 Å². The lowest BCUT2D eigenvalue weighted by Gasteiger charge is -2.33. The van der Waals surface area contributed by atoms with Crippen LogP contribution in [0.1, 0.15) is 11.1 Å². The number of rotatable bonds is 11. The largest absolute Gasteiger partial charge is 0.755 e. The summed E-state index contributed by atoms with van der Waals surface area (Å²) in [4.78, 5) is 28.7. The predicted molar refractivity (Wildman–Crippen MR) is 151 cm³/mol. The summed E-state index contributed by atoms with van der Waals surface area (Å²) in [7, 11) is 1.38. The third-order valence-electron chi connectivity index (χ3n) is 6.05. The minimum Gasteiger partial charge on any atom is -0.755 e. The molecule has 40 heavy (non-hydrogen) atoms. The zero-order valence-electron chi connectivity index (χ0n) is 21.5. The molecule has 0 aliphatic heterocycles. The number of anilines is 2. The van der Waals surface area contributed by atoms with Gasteiger partial charge >= 0.3 is 12.0 Å². The molecule has 0 saturated heterocycles. The molecule has 3 aromatic carbocycles. The van der Waals surface area contributed by atoms with Gasteiger partial charge in [0.25, 0.3) is 0 Å². The Bertz CT molecular complexity index is 1490. The molecule has 2 atom stereocenters. The summed E-state index contributed by atoms with van der Waals surface area (Å²) in [5.41, 5.74) is 3.36. The Balaban J connectivity index is 1.60. The maximum Gasteiger partial charge on any atom is 0.327 e. The molecular formula is C29H27N4O6S-. The third kappa shape index (κ3) is 7.22. The summed E-state index contributed by atoms with van der Waals surface area (Å²) in [5, 5.41) is 15.5. The van der Waals surface area contributed by atoms with Gasteiger partial charge in [0.05, 0.1) is 12.8 Å². The Morgan fingerprint density at radius 2 is 1.75 bits per heavy atom. The molecule has 1 aromatic heterocycles. The van der Waals surface area contributed by atoms with Crippen molar-refractivity contribution in [2.45, 2.75) is 19.0 Å². The highest BCUT2D eigenvalue weighted by Gasteiger charge is 2.30. The molecule has 206 valence electrons. The highest BCUT2D eigenvalue weighted by molar-refractivity contribution is 7.80. The van der Waals surface area contributed by atoms with E-state index in [9.17, 15) is 23.5 Å². The maximum absolute atomic E-state index is 12.4. The SMILES string of the molecule is COc1ccc(-c2cccc(NC(=O)NCc3cccnc3)c2)cc1N(C(Cc1ccccc1)C(=O)O)S(=O)[O-]. The van der Waals surface area contributed by atoms with E-state index in [0.29, 0.717) is 28.9 Å². The molecule has 2 amide bonds. The van der Waals surface area contributed by atoms with Gasteiger partial charge in [0.1, 0.15) is 11.8 Å². The molecule has 0 fully saturated rings. The predicted octanol–water partition coefficient (Wildman–Crippen LogP) is 4.38. The van der Waals surface area contributed by atoms with Gasteiger partial charge < -0.3 is 25.0 Å². The van der Waals surface area contributed by atoms with Gasteiger partial charge in [0.15, 0.2) is 0 Å². The van der Waals surface area contributed by atoms with E-state index < -0.39 is 29.3 Å². The molecule has 0 aliphatic carbocycles. The standard InChI is InChI=1S/C29H28N4O6S/c1-39-27-13-12-23(17-25(27)33(40(37)38)26(28(34)35)15-20-7-3-2-4-8-20)22-10-5-11-24(16-22)32-29(36)31-19-21-9-6-14-30-18-21/h2-14,16-18,26H,15,19H2,1H3,(H,34,35)(H,37,38)(H2,31,32,36)/p-1. The van der Waals surface area contributed by atoms with Crippen LogP contribution in [0.5, 0.6) is 5.75 Å². The molecule has 0 saturated carbocycles. The van der Waals surface area contributed by atoms with Crippen LogP contribution in [-0.4, -0.2) is 44.0 Å².